The molecule has 6 heteroatoms. The zero-order chi connectivity index (χ0) is 15.4. The van der Waals surface area contributed by atoms with Crippen LogP contribution in [0.4, 0.5) is 4.79 Å². The van der Waals surface area contributed by atoms with E-state index in [4.69, 9.17) is 9.47 Å². The maximum Gasteiger partial charge on any atom is 0.408 e. The van der Waals surface area contributed by atoms with Gasteiger partial charge in [-0.05, 0) is 27.2 Å². The summed E-state index contributed by atoms with van der Waals surface area (Å²) in [6.07, 6.45) is 1.75. The number of ether oxygens (including phenoxy) is 2. The fourth-order valence-corrected chi connectivity index (χ4v) is 2.06. The van der Waals surface area contributed by atoms with Crippen molar-refractivity contribution in [3.63, 3.8) is 0 Å². The van der Waals surface area contributed by atoms with Gasteiger partial charge in [0, 0.05) is 19.4 Å². The van der Waals surface area contributed by atoms with Crippen molar-refractivity contribution in [1.29, 1.82) is 0 Å². The minimum atomic E-state index is -1.25. The molecular formula is C14H25NO5. The van der Waals surface area contributed by atoms with Gasteiger partial charge in [-0.25, -0.2) is 9.59 Å². The van der Waals surface area contributed by atoms with Crippen LogP contribution in [0.3, 0.4) is 0 Å². The average molecular weight is 287 g/mol. The molecule has 0 saturated heterocycles. The Morgan fingerprint density at radius 1 is 1.35 bits per heavy atom. The van der Waals surface area contributed by atoms with Gasteiger partial charge in [-0.15, -0.1) is 0 Å². The van der Waals surface area contributed by atoms with E-state index in [9.17, 15) is 14.7 Å². The molecule has 0 aliphatic heterocycles. The molecule has 116 valence electrons. The Morgan fingerprint density at radius 3 is 2.40 bits per heavy atom. The number of carbonyl (C=O) groups excluding carboxylic acids is 1. The first kappa shape index (κ1) is 16.8. The minimum absolute atomic E-state index is 0.104. The summed E-state index contributed by atoms with van der Waals surface area (Å²) in [6.45, 7) is 7.89. The quantitative estimate of drug-likeness (QED) is 0.732. The number of hydrogen-bond donors (Lipinski definition) is 2. The van der Waals surface area contributed by atoms with Crippen LogP contribution in [0.1, 0.15) is 53.4 Å². The summed E-state index contributed by atoms with van der Waals surface area (Å²) in [5.41, 5.74) is -1.90. The molecule has 1 amide bonds. The van der Waals surface area contributed by atoms with Gasteiger partial charge in [-0.2, -0.15) is 0 Å². The Hall–Kier alpha value is -1.30. The van der Waals surface area contributed by atoms with Crippen LogP contribution in [0.5, 0.6) is 0 Å². The lowest BCUT2D eigenvalue weighted by atomic mass is 9.74. The molecule has 1 aliphatic rings. The molecule has 1 rings (SSSR count). The van der Waals surface area contributed by atoms with Crippen molar-refractivity contribution in [2.75, 3.05) is 6.61 Å². The SMILES string of the molecule is CCCCO[C@H]1C[C@](NC(=O)OC(C)(C)C)(C(=O)O)C1. The Bertz CT molecular complexity index is 355. The third-order valence-corrected chi connectivity index (χ3v) is 3.15. The van der Waals surface area contributed by atoms with Gasteiger partial charge in [0.2, 0.25) is 0 Å². The van der Waals surface area contributed by atoms with Gasteiger partial charge in [0.1, 0.15) is 11.1 Å². The standard InChI is InChI=1S/C14H25NO5/c1-5-6-7-19-10-8-14(9-10,11(16)17)15-12(18)20-13(2,3)4/h10H,5-9H2,1-4H3,(H,15,18)(H,16,17)/t10-,14+. The summed E-state index contributed by atoms with van der Waals surface area (Å²) < 4.78 is 10.6. The Morgan fingerprint density at radius 2 is 1.95 bits per heavy atom. The van der Waals surface area contributed by atoms with Gasteiger partial charge >= 0.3 is 12.1 Å². The molecule has 0 aromatic rings. The second-order valence-corrected chi connectivity index (χ2v) is 6.27. The molecule has 0 aromatic carbocycles. The maximum absolute atomic E-state index is 11.7. The van der Waals surface area contributed by atoms with Crippen molar-refractivity contribution in [2.24, 2.45) is 0 Å². The number of nitrogens with one attached hydrogen (secondary N) is 1. The van der Waals surface area contributed by atoms with Gasteiger partial charge in [-0.3, -0.25) is 0 Å². The highest BCUT2D eigenvalue weighted by Crippen LogP contribution is 2.35. The van der Waals surface area contributed by atoms with Crippen molar-refractivity contribution in [3.05, 3.63) is 0 Å². The smallest absolute Gasteiger partial charge is 0.408 e. The Balaban J connectivity index is 2.47. The second-order valence-electron chi connectivity index (χ2n) is 6.27. The first-order valence-electron chi connectivity index (χ1n) is 7.05. The van der Waals surface area contributed by atoms with Crippen LogP contribution in [0, 0.1) is 0 Å². The lowest BCUT2D eigenvalue weighted by Crippen LogP contribution is -2.65. The first-order chi connectivity index (χ1) is 9.18. The molecule has 0 unspecified atom stereocenters. The number of aliphatic carboxylic acids is 1. The lowest BCUT2D eigenvalue weighted by molar-refractivity contribution is -0.157. The molecule has 0 bridgehead atoms. The first-order valence-corrected chi connectivity index (χ1v) is 7.05. The van der Waals surface area contributed by atoms with E-state index in [0.29, 0.717) is 6.61 Å². The fraction of sp³-hybridized carbons (Fsp3) is 0.857. The topological polar surface area (TPSA) is 84.9 Å². The van der Waals surface area contributed by atoms with Gasteiger partial charge in [-0.1, -0.05) is 13.3 Å². The molecule has 0 spiro atoms. The van der Waals surface area contributed by atoms with E-state index in [1.54, 1.807) is 20.8 Å². The van der Waals surface area contributed by atoms with Crippen LogP contribution in [0.25, 0.3) is 0 Å². The highest BCUT2D eigenvalue weighted by molar-refractivity contribution is 5.85. The van der Waals surface area contributed by atoms with Crippen LogP contribution >= 0.6 is 0 Å². The molecule has 0 radical (unpaired) electrons. The number of hydrogen-bond acceptors (Lipinski definition) is 4. The molecule has 6 nitrogen and oxygen atoms in total. The van der Waals surface area contributed by atoms with Gasteiger partial charge in [0.15, 0.2) is 0 Å². The van der Waals surface area contributed by atoms with Crippen molar-refractivity contribution in [2.45, 2.75) is 70.6 Å². The van der Waals surface area contributed by atoms with E-state index in [1.165, 1.54) is 0 Å². The molecule has 1 aliphatic carbocycles. The number of carbonyl (C=O) groups is 2. The average Bonchev–Trinajstić information content (AvgIpc) is 2.22. The monoisotopic (exact) mass is 287 g/mol. The summed E-state index contributed by atoms with van der Waals surface area (Å²) in [5, 5.41) is 11.8. The highest BCUT2D eigenvalue weighted by Gasteiger charge is 2.53. The largest absolute Gasteiger partial charge is 0.479 e. The predicted molar refractivity (Wildman–Crippen MR) is 73.6 cm³/mol. The van der Waals surface area contributed by atoms with Crippen LogP contribution in [0.15, 0.2) is 0 Å². The molecule has 1 saturated carbocycles. The number of alkyl carbamates (subject to hydrolysis) is 1. The number of amides is 1. The molecule has 0 aromatic heterocycles. The number of rotatable bonds is 6. The Kier molecular flexibility index (Phi) is 5.39. The van der Waals surface area contributed by atoms with Crippen LogP contribution < -0.4 is 5.32 Å². The molecule has 0 heterocycles. The van der Waals surface area contributed by atoms with Crippen LogP contribution in [-0.4, -0.2) is 41.0 Å². The fourth-order valence-electron chi connectivity index (χ4n) is 2.06. The third-order valence-electron chi connectivity index (χ3n) is 3.15. The maximum atomic E-state index is 11.7. The van der Waals surface area contributed by atoms with E-state index >= 15 is 0 Å². The van der Waals surface area contributed by atoms with Crippen molar-refractivity contribution in [1.82, 2.24) is 5.32 Å². The number of carboxylic acid groups (broad SMARTS) is 1. The van der Waals surface area contributed by atoms with Crippen LogP contribution in [0.2, 0.25) is 0 Å². The highest BCUT2D eigenvalue weighted by atomic mass is 16.6. The van der Waals surface area contributed by atoms with Crippen molar-refractivity contribution in [3.8, 4) is 0 Å². The van der Waals surface area contributed by atoms with E-state index in [0.717, 1.165) is 12.8 Å². The van der Waals surface area contributed by atoms with Gasteiger partial charge in [0.05, 0.1) is 6.10 Å². The summed E-state index contributed by atoms with van der Waals surface area (Å²) >= 11 is 0. The van der Waals surface area contributed by atoms with Crippen molar-refractivity contribution < 1.29 is 24.2 Å². The lowest BCUT2D eigenvalue weighted by Gasteiger charge is -2.44. The van der Waals surface area contributed by atoms with Gasteiger partial charge in [0.25, 0.3) is 0 Å². The normalized spacial score (nSPS) is 25.7. The van der Waals surface area contributed by atoms with E-state index in [1.807, 2.05) is 0 Å². The van der Waals surface area contributed by atoms with Crippen molar-refractivity contribution >= 4 is 12.1 Å². The minimum Gasteiger partial charge on any atom is -0.479 e. The van der Waals surface area contributed by atoms with E-state index in [2.05, 4.69) is 12.2 Å². The molecule has 1 fully saturated rings. The molecule has 2 N–H and O–H groups in total. The predicted octanol–water partition coefficient (Wildman–Crippen LogP) is 2.31. The third kappa shape index (κ3) is 4.67. The van der Waals surface area contributed by atoms with E-state index < -0.39 is 23.2 Å². The number of carboxylic acids is 1. The summed E-state index contributed by atoms with van der Waals surface area (Å²) in [4.78, 5) is 23.1. The number of unbranched alkanes of at least 4 members (excludes halogenated alkanes) is 1. The zero-order valence-corrected chi connectivity index (χ0v) is 12.7. The van der Waals surface area contributed by atoms with Crippen LogP contribution in [-0.2, 0) is 14.3 Å². The molecule has 0 atom stereocenters. The Labute approximate surface area is 119 Å². The zero-order valence-electron chi connectivity index (χ0n) is 12.7. The summed E-state index contributed by atoms with van der Waals surface area (Å²) in [7, 11) is 0. The molecular weight excluding hydrogens is 262 g/mol. The second kappa shape index (κ2) is 6.43. The molecule has 20 heavy (non-hydrogen) atoms. The van der Waals surface area contributed by atoms with Gasteiger partial charge < -0.3 is 19.9 Å². The van der Waals surface area contributed by atoms with E-state index in [-0.39, 0.29) is 18.9 Å². The summed E-state index contributed by atoms with van der Waals surface area (Å²) in [5.74, 6) is -1.04. The summed E-state index contributed by atoms with van der Waals surface area (Å²) in [6, 6.07) is 0.